The molecule has 3 N–H and O–H groups in total. The standard InChI is InChI=1S/C14H19ClN2O2/c15-11-5-10(6-13-14(11)19-4-3-18-13)12(7-16)17-8-9-1-2-9/h5-6,9,12,17H,1-4,7-8,16H2. The van der Waals surface area contributed by atoms with E-state index in [1.54, 1.807) is 0 Å². The highest BCUT2D eigenvalue weighted by molar-refractivity contribution is 6.32. The molecule has 0 radical (unpaired) electrons. The number of halogens is 1. The van der Waals surface area contributed by atoms with Crippen LogP contribution in [0.2, 0.25) is 5.02 Å². The van der Waals surface area contributed by atoms with Crippen LogP contribution in [0.25, 0.3) is 0 Å². The third-order valence-electron chi connectivity index (χ3n) is 3.61. The van der Waals surface area contributed by atoms with Gasteiger partial charge in [-0.1, -0.05) is 11.6 Å². The van der Waals surface area contributed by atoms with E-state index >= 15 is 0 Å². The number of nitrogens with two attached hydrogens (primary N) is 1. The molecule has 1 aromatic carbocycles. The summed E-state index contributed by atoms with van der Waals surface area (Å²) < 4.78 is 11.1. The minimum absolute atomic E-state index is 0.119. The molecule has 3 rings (SSSR count). The average Bonchev–Trinajstić information content (AvgIpc) is 3.24. The summed E-state index contributed by atoms with van der Waals surface area (Å²) in [6.07, 6.45) is 2.65. The monoisotopic (exact) mass is 282 g/mol. The molecule has 0 spiro atoms. The van der Waals surface area contributed by atoms with Crippen LogP contribution in [0, 0.1) is 5.92 Å². The SMILES string of the molecule is NCC(NCC1CC1)c1cc(Cl)c2c(c1)OCCO2. The Labute approximate surface area is 118 Å². The predicted molar refractivity (Wildman–Crippen MR) is 75.0 cm³/mol. The normalized spacial score (nSPS) is 19.3. The third-order valence-corrected chi connectivity index (χ3v) is 3.89. The number of hydrogen-bond acceptors (Lipinski definition) is 4. The Morgan fingerprint density at radius 2 is 2.11 bits per heavy atom. The molecule has 19 heavy (non-hydrogen) atoms. The lowest BCUT2D eigenvalue weighted by Crippen LogP contribution is -2.30. The van der Waals surface area contributed by atoms with Crippen LogP contribution >= 0.6 is 11.6 Å². The molecule has 0 bridgehead atoms. The van der Waals surface area contributed by atoms with Crippen molar-refractivity contribution in [2.75, 3.05) is 26.3 Å². The molecule has 1 atom stereocenters. The van der Waals surface area contributed by atoms with Gasteiger partial charge in [-0.3, -0.25) is 0 Å². The quantitative estimate of drug-likeness (QED) is 0.868. The molecule has 4 nitrogen and oxygen atoms in total. The topological polar surface area (TPSA) is 56.5 Å². The van der Waals surface area contributed by atoms with Crippen molar-refractivity contribution in [3.63, 3.8) is 0 Å². The van der Waals surface area contributed by atoms with E-state index in [9.17, 15) is 0 Å². The Balaban J connectivity index is 1.79. The van der Waals surface area contributed by atoms with Crippen LogP contribution in [0.5, 0.6) is 11.5 Å². The molecule has 1 fully saturated rings. The van der Waals surface area contributed by atoms with Crippen molar-refractivity contribution in [2.45, 2.75) is 18.9 Å². The molecule has 2 aliphatic rings. The lowest BCUT2D eigenvalue weighted by atomic mass is 10.1. The van der Waals surface area contributed by atoms with Gasteiger partial charge >= 0.3 is 0 Å². The minimum atomic E-state index is 0.119. The van der Waals surface area contributed by atoms with Crippen LogP contribution in [-0.2, 0) is 0 Å². The van der Waals surface area contributed by atoms with Crippen LogP contribution in [0.15, 0.2) is 12.1 Å². The van der Waals surface area contributed by atoms with Crippen molar-refractivity contribution >= 4 is 11.6 Å². The number of fused-ring (bicyclic) bond motifs is 1. The van der Waals surface area contributed by atoms with Crippen molar-refractivity contribution in [3.8, 4) is 11.5 Å². The van der Waals surface area contributed by atoms with Crippen molar-refractivity contribution in [3.05, 3.63) is 22.7 Å². The molecular weight excluding hydrogens is 264 g/mol. The Morgan fingerprint density at radius 1 is 1.32 bits per heavy atom. The zero-order valence-electron chi connectivity index (χ0n) is 10.8. The smallest absolute Gasteiger partial charge is 0.179 e. The van der Waals surface area contributed by atoms with E-state index in [2.05, 4.69) is 5.32 Å². The predicted octanol–water partition coefficient (Wildman–Crippen LogP) is 2.11. The second kappa shape index (κ2) is 5.57. The zero-order valence-corrected chi connectivity index (χ0v) is 11.6. The fourth-order valence-electron chi connectivity index (χ4n) is 2.30. The van der Waals surface area contributed by atoms with Crippen LogP contribution < -0.4 is 20.5 Å². The van der Waals surface area contributed by atoms with Crippen LogP contribution in [0.1, 0.15) is 24.4 Å². The van der Waals surface area contributed by atoms with E-state index in [1.807, 2.05) is 12.1 Å². The highest BCUT2D eigenvalue weighted by Crippen LogP contribution is 2.39. The minimum Gasteiger partial charge on any atom is -0.486 e. The lowest BCUT2D eigenvalue weighted by Gasteiger charge is -2.23. The third kappa shape index (κ3) is 2.96. The molecular formula is C14H19ClN2O2. The van der Waals surface area contributed by atoms with Gasteiger partial charge in [-0.05, 0) is 43.0 Å². The molecule has 1 aliphatic carbocycles. The largest absolute Gasteiger partial charge is 0.486 e. The summed E-state index contributed by atoms with van der Waals surface area (Å²) in [7, 11) is 0. The molecule has 1 aromatic rings. The Bertz CT molecular complexity index is 463. The highest BCUT2D eigenvalue weighted by atomic mass is 35.5. The second-order valence-corrected chi connectivity index (χ2v) is 5.57. The van der Waals surface area contributed by atoms with Gasteiger partial charge in [-0.25, -0.2) is 0 Å². The molecule has 0 amide bonds. The number of hydrogen-bond donors (Lipinski definition) is 2. The molecule has 1 unspecified atom stereocenters. The van der Waals surface area contributed by atoms with E-state index in [0.29, 0.717) is 30.5 Å². The molecule has 0 aromatic heterocycles. The fraction of sp³-hybridized carbons (Fsp3) is 0.571. The molecule has 5 heteroatoms. The molecule has 1 saturated carbocycles. The number of nitrogens with one attached hydrogen (secondary N) is 1. The second-order valence-electron chi connectivity index (χ2n) is 5.17. The van der Waals surface area contributed by atoms with Gasteiger partial charge in [-0.15, -0.1) is 0 Å². The van der Waals surface area contributed by atoms with Crippen molar-refractivity contribution < 1.29 is 9.47 Å². The van der Waals surface area contributed by atoms with Gasteiger partial charge in [-0.2, -0.15) is 0 Å². The van der Waals surface area contributed by atoms with E-state index < -0.39 is 0 Å². The first-order valence-corrected chi connectivity index (χ1v) is 7.18. The summed E-state index contributed by atoms with van der Waals surface area (Å²) in [6.45, 7) is 2.68. The van der Waals surface area contributed by atoms with Crippen LogP contribution in [0.3, 0.4) is 0 Å². The fourth-order valence-corrected chi connectivity index (χ4v) is 2.57. The van der Waals surface area contributed by atoms with E-state index in [-0.39, 0.29) is 6.04 Å². The van der Waals surface area contributed by atoms with Gasteiger partial charge in [0.1, 0.15) is 13.2 Å². The van der Waals surface area contributed by atoms with Crippen LogP contribution in [0.4, 0.5) is 0 Å². The lowest BCUT2D eigenvalue weighted by molar-refractivity contribution is 0.171. The van der Waals surface area contributed by atoms with Crippen molar-refractivity contribution in [1.29, 1.82) is 0 Å². The van der Waals surface area contributed by atoms with Crippen molar-refractivity contribution in [1.82, 2.24) is 5.32 Å². The van der Waals surface area contributed by atoms with Crippen molar-refractivity contribution in [2.24, 2.45) is 11.7 Å². The summed E-state index contributed by atoms with van der Waals surface area (Å²) in [6, 6.07) is 4.03. The molecule has 1 aliphatic heterocycles. The summed E-state index contributed by atoms with van der Waals surface area (Å²) in [4.78, 5) is 0. The number of rotatable bonds is 5. The Morgan fingerprint density at radius 3 is 2.84 bits per heavy atom. The number of benzene rings is 1. The first-order valence-electron chi connectivity index (χ1n) is 6.80. The van der Waals surface area contributed by atoms with Crippen LogP contribution in [-0.4, -0.2) is 26.3 Å². The van der Waals surface area contributed by atoms with Gasteiger partial charge in [0.05, 0.1) is 5.02 Å². The molecule has 0 saturated heterocycles. The zero-order chi connectivity index (χ0) is 13.2. The van der Waals surface area contributed by atoms with Gasteiger partial charge in [0, 0.05) is 12.6 Å². The van der Waals surface area contributed by atoms with Gasteiger partial charge in [0.25, 0.3) is 0 Å². The van der Waals surface area contributed by atoms with Gasteiger partial charge in [0.15, 0.2) is 11.5 Å². The first-order chi connectivity index (χ1) is 9.28. The van der Waals surface area contributed by atoms with E-state index in [1.165, 1.54) is 12.8 Å². The Hall–Kier alpha value is -0.970. The van der Waals surface area contributed by atoms with Gasteiger partial charge in [0.2, 0.25) is 0 Å². The summed E-state index contributed by atoms with van der Waals surface area (Å²) in [5.74, 6) is 2.19. The first kappa shape index (κ1) is 13.0. The van der Waals surface area contributed by atoms with E-state index in [4.69, 9.17) is 26.8 Å². The maximum Gasteiger partial charge on any atom is 0.179 e. The van der Waals surface area contributed by atoms with Gasteiger partial charge < -0.3 is 20.5 Å². The molecule has 104 valence electrons. The maximum absolute atomic E-state index is 6.25. The molecule has 1 heterocycles. The average molecular weight is 283 g/mol. The summed E-state index contributed by atoms with van der Waals surface area (Å²) in [5.41, 5.74) is 6.93. The maximum atomic E-state index is 6.25. The highest BCUT2D eigenvalue weighted by Gasteiger charge is 2.24. The summed E-state index contributed by atoms with van der Waals surface area (Å²) >= 11 is 6.25. The van der Waals surface area contributed by atoms with E-state index in [0.717, 1.165) is 23.8 Å². The number of ether oxygens (including phenoxy) is 2. The Kier molecular flexibility index (Phi) is 3.82. The summed E-state index contributed by atoms with van der Waals surface area (Å²) in [5, 5.41) is 4.10.